The first-order valence-corrected chi connectivity index (χ1v) is 6.85. The molecule has 0 fully saturated rings. The Balaban J connectivity index is 2.92. The lowest BCUT2D eigenvalue weighted by atomic mass is 10.0. The first-order chi connectivity index (χ1) is 7.47. The molecule has 0 amide bonds. The molecule has 88 valence electrons. The zero-order valence-corrected chi connectivity index (χ0v) is 10.3. The van der Waals surface area contributed by atoms with Crippen molar-refractivity contribution in [2.24, 2.45) is 11.8 Å². The van der Waals surface area contributed by atoms with Gasteiger partial charge in [-0.2, -0.15) is 0 Å². The molecule has 0 aliphatic heterocycles. The quantitative estimate of drug-likeness (QED) is 0.739. The third-order valence-corrected chi connectivity index (χ3v) is 4.36. The van der Waals surface area contributed by atoms with Crippen molar-refractivity contribution in [3.05, 3.63) is 30.3 Å². The Morgan fingerprint density at radius 2 is 1.75 bits per heavy atom. The standard InChI is InChI=1S/C12H16O3S/c1-10(2)11(8-13)9-16(14,15)12-6-4-3-5-7-12/h3-8,10-11H,9H2,1-2H3/t11-/m1/s1. The van der Waals surface area contributed by atoms with Crippen LogP contribution in [0.3, 0.4) is 0 Å². The lowest BCUT2D eigenvalue weighted by Crippen LogP contribution is -2.22. The van der Waals surface area contributed by atoms with Crippen molar-refractivity contribution in [3.63, 3.8) is 0 Å². The van der Waals surface area contributed by atoms with Gasteiger partial charge in [0.25, 0.3) is 0 Å². The molecule has 1 aromatic carbocycles. The van der Waals surface area contributed by atoms with Crippen molar-refractivity contribution in [1.82, 2.24) is 0 Å². The van der Waals surface area contributed by atoms with Crippen LogP contribution in [-0.4, -0.2) is 20.5 Å². The Morgan fingerprint density at radius 1 is 1.19 bits per heavy atom. The summed E-state index contributed by atoms with van der Waals surface area (Å²) in [6, 6.07) is 8.23. The fraction of sp³-hybridized carbons (Fsp3) is 0.417. The van der Waals surface area contributed by atoms with E-state index in [1.807, 2.05) is 13.8 Å². The Labute approximate surface area is 96.4 Å². The molecule has 0 saturated heterocycles. The number of hydrogen-bond acceptors (Lipinski definition) is 3. The van der Waals surface area contributed by atoms with Gasteiger partial charge in [-0.15, -0.1) is 0 Å². The van der Waals surface area contributed by atoms with Crippen LogP contribution in [0.5, 0.6) is 0 Å². The summed E-state index contributed by atoms with van der Waals surface area (Å²) >= 11 is 0. The van der Waals surface area contributed by atoms with Gasteiger partial charge in [-0.1, -0.05) is 32.0 Å². The van der Waals surface area contributed by atoms with Gasteiger partial charge in [0.05, 0.1) is 10.6 Å². The second kappa shape index (κ2) is 5.25. The van der Waals surface area contributed by atoms with E-state index in [-0.39, 0.29) is 16.6 Å². The Hall–Kier alpha value is -1.16. The molecular formula is C12H16O3S. The minimum atomic E-state index is -3.35. The van der Waals surface area contributed by atoms with Gasteiger partial charge in [0, 0.05) is 5.92 Å². The fourth-order valence-electron chi connectivity index (χ4n) is 1.37. The number of aldehydes is 1. The molecule has 1 aromatic rings. The second-order valence-electron chi connectivity index (χ2n) is 4.14. The molecule has 0 saturated carbocycles. The zero-order valence-electron chi connectivity index (χ0n) is 9.46. The summed E-state index contributed by atoms with van der Waals surface area (Å²) in [5.41, 5.74) is 0. The highest BCUT2D eigenvalue weighted by atomic mass is 32.2. The summed E-state index contributed by atoms with van der Waals surface area (Å²) < 4.78 is 23.9. The van der Waals surface area contributed by atoms with E-state index >= 15 is 0 Å². The van der Waals surface area contributed by atoms with Crippen LogP contribution < -0.4 is 0 Å². The Bertz CT molecular complexity index is 435. The van der Waals surface area contributed by atoms with Crippen molar-refractivity contribution >= 4 is 16.1 Å². The summed E-state index contributed by atoms with van der Waals surface area (Å²) in [4.78, 5) is 11.1. The largest absolute Gasteiger partial charge is 0.303 e. The lowest BCUT2D eigenvalue weighted by molar-refractivity contribution is -0.111. The Morgan fingerprint density at radius 3 is 2.19 bits per heavy atom. The van der Waals surface area contributed by atoms with Gasteiger partial charge in [-0.05, 0) is 18.1 Å². The first kappa shape index (κ1) is 12.9. The number of sulfone groups is 1. The van der Waals surface area contributed by atoms with Crippen LogP contribution in [0.25, 0.3) is 0 Å². The van der Waals surface area contributed by atoms with Crippen LogP contribution >= 0.6 is 0 Å². The van der Waals surface area contributed by atoms with Crippen LogP contribution in [0.4, 0.5) is 0 Å². The number of rotatable bonds is 5. The van der Waals surface area contributed by atoms with Gasteiger partial charge in [0.1, 0.15) is 6.29 Å². The summed E-state index contributed by atoms with van der Waals surface area (Å²) in [5, 5.41) is 0. The van der Waals surface area contributed by atoms with Crippen LogP contribution in [0, 0.1) is 11.8 Å². The molecule has 16 heavy (non-hydrogen) atoms. The van der Waals surface area contributed by atoms with Crippen molar-refractivity contribution in [2.75, 3.05) is 5.75 Å². The minimum Gasteiger partial charge on any atom is -0.303 e. The van der Waals surface area contributed by atoms with Gasteiger partial charge < -0.3 is 4.79 Å². The van der Waals surface area contributed by atoms with E-state index in [0.717, 1.165) is 6.29 Å². The molecule has 1 atom stereocenters. The third kappa shape index (κ3) is 3.17. The summed E-state index contributed by atoms with van der Waals surface area (Å²) in [6.45, 7) is 3.69. The number of hydrogen-bond donors (Lipinski definition) is 0. The van der Waals surface area contributed by atoms with Crippen molar-refractivity contribution < 1.29 is 13.2 Å². The van der Waals surface area contributed by atoms with Crippen molar-refractivity contribution in [1.29, 1.82) is 0 Å². The van der Waals surface area contributed by atoms with Gasteiger partial charge in [-0.25, -0.2) is 8.42 Å². The predicted molar refractivity (Wildman–Crippen MR) is 62.9 cm³/mol. The molecule has 0 N–H and O–H groups in total. The SMILES string of the molecule is CC(C)[C@H](C=O)CS(=O)(=O)c1ccccc1. The highest BCUT2D eigenvalue weighted by molar-refractivity contribution is 7.91. The second-order valence-corrected chi connectivity index (χ2v) is 6.17. The molecule has 0 spiro atoms. The smallest absolute Gasteiger partial charge is 0.179 e. The molecule has 3 nitrogen and oxygen atoms in total. The molecule has 0 bridgehead atoms. The van der Waals surface area contributed by atoms with Crippen LogP contribution in [0.15, 0.2) is 35.2 Å². The Kier molecular flexibility index (Phi) is 4.24. The van der Waals surface area contributed by atoms with Crippen LogP contribution in [0.1, 0.15) is 13.8 Å². The van der Waals surface area contributed by atoms with Gasteiger partial charge in [0.15, 0.2) is 9.84 Å². The minimum absolute atomic E-state index is 0.0380. The molecular weight excluding hydrogens is 224 g/mol. The molecule has 0 aliphatic carbocycles. The van der Waals surface area contributed by atoms with E-state index in [4.69, 9.17) is 0 Å². The lowest BCUT2D eigenvalue weighted by Gasteiger charge is -2.14. The maximum Gasteiger partial charge on any atom is 0.179 e. The van der Waals surface area contributed by atoms with E-state index in [9.17, 15) is 13.2 Å². The maximum atomic E-state index is 11.9. The van der Waals surface area contributed by atoms with E-state index < -0.39 is 15.8 Å². The van der Waals surface area contributed by atoms with E-state index in [1.54, 1.807) is 30.3 Å². The molecule has 1 rings (SSSR count). The van der Waals surface area contributed by atoms with E-state index in [0.29, 0.717) is 0 Å². The highest BCUT2D eigenvalue weighted by Crippen LogP contribution is 2.17. The van der Waals surface area contributed by atoms with Gasteiger partial charge >= 0.3 is 0 Å². The number of carbonyl (C=O) groups is 1. The predicted octanol–water partition coefficient (Wildman–Crippen LogP) is 1.93. The van der Waals surface area contributed by atoms with E-state index in [2.05, 4.69) is 0 Å². The van der Waals surface area contributed by atoms with Crippen molar-refractivity contribution in [3.8, 4) is 0 Å². The number of carbonyl (C=O) groups excluding carboxylic acids is 1. The molecule has 0 radical (unpaired) electrons. The first-order valence-electron chi connectivity index (χ1n) is 5.20. The van der Waals surface area contributed by atoms with Gasteiger partial charge in [0.2, 0.25) is 0 Å². The monoisotopic (exact) mass is 240 g/mol. The zero-order chi connectivity index (χ0) is 12.2. The molecule has 0 heterocycles. The van der Waals surface area contributed by atoms with Gasteiger partial charge in [-0.3, -0.25) is 0 Å². The normalized spacial score (nSPS) is 13.7. The summed E-state index contributed by atoms with van der Waals surface area (Å²) in [7, 11) is -3.35. The van der Waals surface area contributed by atoms with Crippen LogP contribution in [0.2, 0.25) is 0 Å². The maximum absolute atomic E-state index is 11.9. The third-order valence-electron chi connectivity index (χ3n) is 2.55. The molecule has 0 aliphatic rings. The summed E-state index contributed by atoms with van der Waals surface area (Å²) in [6.07, 6.45) is 0.727. The molecule has 0 aromatic heterocycles. The highest BCUT2D eigenvalue weighted by Gasteiger charge is 2.22. The fourth-order valence-corrected chi connectivity index (χ4v) is 3.10. The average molecular weight is 240 g/mol. The van der Waals surface area contributed by atoms with Crippen LogP contribution in [-0.2, 0) is 14.6 Å². The van der Waals surface area contributed by atoms with E-state index in [1.165, 1.54) is 0 Å². The molecule has 0 unspecified atom stereocenters. The molecule has 4 heteroatoms. The average Bonchev–Trinajstić information content (AvgIpc) is 2.27. The van der Waals surface area contributed by atoms with Crippen molar-refractivity contribution in [2.45, 2.75) is 18.7 Å². The summed E-state index contributed by atoms with van der Waals surface area (Å²) in [5.74, 6) is -0.515. The number of benzene rings is 1. The topological polar surface area (TPSA) is 51.2 Å².